The highest BCUT2D eigenvalue weighted by atomic mass is 35.5. The van der Waals surface area contributed by atoms with Crippen LogP contribution < -0.4 is 4.74 Å². The number of hydrazone groups is 1. The van der Waals surface area contributed by atoms with E-state index in [0.29, 0.717) is 11.6 Å². The van der Waals surface area contributed by atoms with Crippen molar-refractivity contribution in [2.75, 3.05) is 6.61 Å². The largest absolute Gasteiger partial charge is 0.492 e. The Morgan fingerprint density at radius 2 is 2.04 bits per heavy atom. The Bertz CT molecular complexity index is 848. The normalized spacial score (nSPS) is 21.6. The number of rotatable bonds is 1. The van der Waals surface area contributed by atoms with Gasteiger partial charge in [0.25, 0.3) is 0 Å². The highest BCUT2D eigenvalue weighted by molar-refractivity contribution is 6.32. The van der Waals surface area contributed by atoms with Gasteiger partial charge in [-0.25, -0.2) is 5.01 Å². The molecule has 4 rings (SSSR count). The fourth-order valence-corrected chi connectivity index (χ4v) is 3.60. The van der Waals surface area contributed by atoms with Gasteiger partial charge in [0.2, 0.25) is 5.91 Å². The number of aryl methyl sites for hydroxylation is 1. The van der Waals surface area contributed by atoms with E-state index in [9.17, 15) is 4.79 Å². The van der Waals surface area contributed by atoms with Gasteiger partial charge in [0, 0.05) is 17.5 Å². The molecule has 5 heteroatoms. The number of amides is 1. The molecular weight excluding hydrogens is 324 g/mol. The van der Waals surface area contributed by atoms with Gasteiger partial charge in [0.1, 0.15) is 5.75 Å². The smallest absolute Gasteiger partial charge is 0.240 e. The molecule has 2 heterocycles. The minimum atomic E-state index is -0.146. The lowest BCUT2D eigenvalue weighted by Crippen LogP contribution is -2.34. The predicted molar refractivity (Wildman–Crippen MR) is 93.4 cm³/mol. The van der Waals surface area contributed by atoms with Crippen LogP contribution >= 0.6 is 11.6 Å². The number of nitrogens with zero attached hydrogens (tertiary/aromatic N) is 2. The molecule has 0 bridgehead atoms. The van der Waals surface area contributed by atoms with Crippen LogP contribution in [0.15, 0.2) is 47.6 Å². The second kappa shape index (κ2) is 5.64. The fourth-order valence-electron chi connectivity index (χ4n) is 3.44. The maximum Gasteiger partial charge on any atom is 0.240 e. The van der Waals surface area contributed by atoms with Gasteiger partial charge in [-0.2, -0.15) is 5.10 Å². The molecule has 0 aromatic heterocycles. The molecule has 2 aliphatic heterocycles. The standard InChI is InChI=1S/C19H17ClN2O2/c1-11-8-17-14(9-16(11)20)18-15(10-24-17)19(22(21-18)12(2)23)13-6-4-3-5-7-13/h3-9,15,19H,10H2,1-2H3/t15-,19-/m1/s1. The van der Waals surface area contributed by atoms with Crippen LogP contribution in [0.1, 0.15) is 29.7 Å². The fraction of sp³-hybridized carbons (Fsp3) is 0.263. The predicted octanol–water partition coefficient (Wildman–Crippen LogP) is 3.96. The van der Waals surface area contributed by atoms with Gasteiger partial charge in [-0.3, -0.25) is 4.79 Å². The first kappa shape index (κ1) is 15.2. The van der Waals surface area contributed by atoms with Crippen molar-refractivity contribution in [1.82, 2.24) is 5.01 Å². The molecule has 0 radical (unpaired) electrons. The number of fused-ring (bicyclic) bond motifs is 3. The zero-order valence-corrected chi connectivity index (χ0v) is 14.2. The monoisotopic (exact) mass is 340 g/mol. The molecule has 2 aliphatic rings. The van der Waals surface area contributed by atoms with E-state index in [1.165, 1.54) is 0 Å². The highest BCUT2D eigenvalue weighted by Crippen LogP contribution is 2.43. The van der Waals surface area contributed by atoms with Crippen molar-refractivity contribution in [1.29, 1.82) is 0 Å². The van der Waals surface area contributed by atoms with Gasteiger partial charge < -0.3 is 4.74 Å². The Kier molecular flexibility index (Phi) is 3.57. The molecule has 0 fully saturated rings. The molecule has 0 saturated carbocycles. The molecule has 2 atom stereocenters. The Morgan fingerprint density at radius 3 is 2.75 bits per heavy atom. The van der Waals surface area contributed by atoms with Gasteiger partial charge >= 0.3 is 0 Å². The summed E-state index contributed by atoms with van der Waals surface area (Å²) in [5.41, 5.74) is 3.78. The van der Waals surface area contributed by atoms with E-state index >= 15 is 0 Å². The first-order valence-electron chi connectivity index (χ1n) is 7.93. The van der Waals surface area contributed by atoms with Crippen molar-refractivity contribution >= 4 is 23.2 Å². The number of hydrogen-bond acceptors (Lipinski definition) is 3. The second-order valence-corrected chi connectivity index (χ2v) is 6.63. The van der Waals surface area contributed by atoms with Crippen molar-refractivity contribution in [3.63, 3.8) is 0 Å². The Labute approximate surface area is 145 Å². The topological polar surface area (TPSA) is 41.9 Å². The summed E-state index contributed by atoms with van der Waals surface area (Å²) in [5, 5.41) is 6.89. The molecule has 0 unspecified atom stereocenters. The summed E-state index contributed by atoms with van der Waals surface area (Å²) in [5.74, 6) is 0.706. The number of carbonyl (C=O) groups excluding carboxylic acids is 1. The summed E-state index contributed by atoms with van der Waals surface area (Å²) in [7, 11) is 0. The lowest BCUT2D eigenvalue weighted by molar-refractivity contribution is -0.131. The maximum absolute atomic E-state index is 12.2. The van der Waals surface area contributed by atoms with E-state index in [-0.39, 0.29) is 17.9 Å². The molecule has 0 aliphatic carbocycles. The third-order valence-corrected chi connectivity index (χ3v) is 5.04. The summed E-state index contributed by atoms with van der Waals surface area (Å²) in [4.78, 5) is 12.2. The SMILES string of the molecule is CC(=O)N1N=C2c3cc(Cl)c(C)cc3OC[C@H]2[C@H]1c1ccccc1. The molecule has 24 heavy (non-hydrogen) atoms. The second-order valence-electron chi connectivity index (χ2n) is 6.22. The van der Waals surface area contributed by atoms with Crippen molar-refractivity contribution in [2.45, 2.75) is 19.9 Å². The third-order valence-electron chi connectivity index (χ3n) is 4.63. The highest BCUT2D eigenvalue weighted by Gasteiger charge is 2.44. The zero-order valence-electron chi connectivity index (χ0n) is 13.5. The van der Waals surface area contributed by atoms with Gasteiger partial charge in [0.05, 0.1) is 24.3 Å². The van der Waals surface area contributed by atoms with E-state index in [1.54, 1.807) is 11.9 Å². The average Bonchev–Trinajstić information content (AvgIpc) is 2.97. The molecule has 0 N–H and O–H groups in total. The number of benzene rings is 2. The molecule has 122 valence electrons. The minimum Gasteiger partial charge on any atom is -0.492 e. The van der Waals surface area contributed by atoms with Crippen LogP contribution in [-0.2, 0) is 4.79 Å². The third kappa shape index (κ3) is 2.29. The quantitative estimate of drug-likeness (QED) is 0.788. The number of hydrogen-bond donors (Lipinski definition) is 0. The molecule has 2 aromatic rings. The van der Waals surface area contributed by atoms with Gasteiger partial charge in [0.15, 0.2) is 0 Å². The molecule has 4 nitrogen and oxygen atoms in total. The lowest BCUT2D eigenvalue weighted by Gasteiger charge is -2.29. The van der Waals surface area contributed by atoms with E-state index in [0.717, 1.165) is 28.2 Å². The molecular formula is C19H17ClN2O2. The van der Waals surface area contributed by atoms with E-state index < -0.39 is 0 Å². The van der Waals surface area contributed by atoms with Crippen molar-refractivity contribution in [3.05, 3.63) is 64.2 Å². The van der Waals surface area contributed by atoms with Crippen molar-refractivity contribution < 1.29 is 9.53 Å². The Morgan fingerprint density at radius 1 is 1.29 bits per heavy atom. The summed E-state index contributed by atoms with van der Waals surface area (Å²) in [6, 6.07) is 13.6. The molecule has 0 saturated heterocycles. The number of ether oxygens (including phenoxy) is 1. The number of halogens is 1. The minimum absolute atomic E-state index is 0.00238. The average molecular weight is 341 g/mol. The molecule has 2 aromatic carbocycles. The Balaban J connectivity index is 1.83. The van der Waals surface area contributed by atoms with Crippen molar-refractivity contribution in [3.8, 4) is 5.75 Å². The van der Waals surface area contributed by atoms with Crippen LogP contribution in [0.4, 0.5) is 0 Å². The lowest BCUT2D eigenvalue weighted by atomic mass is 9.85. The van der Waals surface area contributed by atoms with Crippen LogP contribution in [0.25, 0.3) is 0 Å². The van der Waals surface area contributed by atoms with Gasteiger partial charge in [-0.05, 0) is 30.2 Å². The Hall–Kier alpha value is -2.33. The maximum atomic E-state index is 12.2. The van der Waals surface area contributed by atoms with Crippen LogP contribution in [0, 0.1) is 12.8 Å². The van der Waals surface area contributed by atoms with Crippen LogP contribution in [0.3, 0.4) is 0 Å². The first-order valence-corrected chi connectivity index (χ1v) is 8.30. The molecule has 1 amide bonds. The summed E-state index contributed by atoms with van der Waals surface area (Å²) < 4.78 is 5.98. The first-order chi connectivity index (χ1) is 11.6. The van der Waals surface area contributed by atoms with E-state index in [4.69, 9.17) is 16.3 Å². The van der Waals surface area contributed by atoms with E-state index in [2.05, 4.69) is 5.10 Å². The van der Waals surface area contributed by atoms with Gasteiger partial charge in [-0.15, -0.1) is 0 Å². The van der Waals surface area contributed by atoms with Crippen LogP contribution in [0.2, 0.25) is 5.02 Å². The zero-order chi connectivity index (χ0) is 16.8. The summed E-state index contributed by atoms with van der Waals surface area (Å²) in [6.45, 7) is 3.99. The molecule has 0 spiro atoms. The van der Waals surface area contributed by atoms with Crippen molar-refractivity contribution in [2.24, 2.45) is 11.0 Å². The summed E-state index contributed by atoms with van der Waals surface area (Å²) >= 11 is 6.30. The summed E-state index contributed by atoms with van der Waals surface area (Å²) in [6.07, 6.45) is 0. The van der Waals surface area contributed by atoms with Crippen LogP contribution in [-0.4, -0.2) is 23.2 Å². The van der Waals surface area contributed by atoms with Crippen LogP contribution in [0.5, 0.6) is 5.75 Å². The van der Waals surface area contributed by atoms with E-state index in [1.807, 2.05) is 49.4 Å². The van der Waals surface area contributed by atoms with Gasteiger partial charge in [-0.1, -0.05) is 41.9 Å². The number of carbonyl (C=O) groups is 1.